The fourth-order valence-electron chi connectivity index (χ4n) is 3.74. The highest BCUT2D eigenvalue weighted by atomic mass is 16.4. The molecular formula is C30H24N2O6. The second-order valence-corrected chi connectivity index (χ2v) is 7.97. The zero-order valence-electron chi connectivity index (χ0n) is 20.3. The van der Waals surface area contributed by atoms with Gasteiger partial charge in [0.25, 0.3) is 11.8 Å². The average molecular weight is 509 g/mol. The van der Waals surface area contributed by atoms with Crippen LogP contribution in [-0.4, -0.2) is 34.0 Å². The van der Waals surface area contributed by atoms with E-state index in [1.165, 1.54) is 72.8 Å². The highest BCUT2D eigenvalue weighted by molar-refractivity contribution is 6.13. The van der Waals surface area contributed by atoms with Crippen molar-refractivity contribution in [2.45, 2.75) is 0 Å². The van der Waals surface area contributed by atoms with Gasteiger partial charge in [0.15, 0.2) is 0 Å². The van der Waals surface area contributed by atoms with Crippen molar-refractivity contribution in [2.75, 3.05) is 10.6 Å². The number of carbonyl (C=O) groups is 4. The van der Waals surface area contributed by atoms with Crippen LogP contribution in [0.25, 0.3) is 24.3 Å². The third-order valence-corrected chi connectivity index (χ3v) is 5.68. The molecule has 0 spiro atoms. The van der Waals surface area contributed by atoms with E-state index >= 15 is 0 Å². The molecule has 0 aliphatic rings. The van der Waals surface area contributed by atoms with E-state index in [4.69, 9.17) is 0 Å². The molecule has 0 aliphatic heterocycles. The zero-order chi connectivity index (χ0) is 28.0. The summed E-state index contributed by atoms with van der Waals surface area (Å²) in [7, 11) is 0. The highest BCUT2D eigenvalue weighted by Crippen LogP contribution is 2.24. The van der Waals surface area contributed by atoms with Crippen molar-refractivity contribution in [3.63, 3.8) is 0 Å². The predicted octanol–water partition coefficient (Wildman–Crippen LogP) is 6.16. The van der Waals surface area contributed by atoms with Gasteiger partial charge < -0.3 is 20.8 Å². The van der Waals surface area contributed by atoms with Crippen LogP contribution in [-0.2, 0) is 0 Å². The quantitative estimate of drug-likeness (QED) is 0.259. The normalized spacial score (nSPS) is 10.1. The summed E-state index contributed by atoms with van der Waals surface area (Å²) in [4.78, 5) is 49.2. The Labute approximate surface area is 219 Å². The first-order valence-electron chi connectivity index (χ1n) is 11.2. The summed E-state index contributed by atoms with van der Waals surface area (Å²) in [6.07, 6.45) is 5.94. The Morgan fingerprint density at radius 2 is 0.789 bits per heavy atom. The monoisotopic (exact) mass is 508 g/mol. The number of amides is 2. The SMILES string of the molecule is C=Cc1cc(C(=O)O)c(C(=O)Nc2ccc(NC(=O)c3cc(C=C)c(C=C)cc3C(=O)O)cc2)cc1C=C. The predicted molar refractivity (Wildman–Crippen MR) is 150 cm³/mol. The van der Waals surface area contributed by atoms with Gasteiger partial charge >= 0.3 is 11.9 Å². The third-order valence-electron chi connectivity index (χ3n) is 5.68. The van der Waals surface area contributed by atoms with Gasteiger partial charge in [-0.2, -0.15) is 0 Å². The van der Waals surface area contributed by atoms with E-state index < -0.39 is 23.8 Å². The van der Waals surface area contributed by atoms with E-state index in [1.807, 2.05) is 0 Å². The minimum atomic E-state index is -1.27. The summed E-state index contributed by atoms with van der Waals surface area (Å²) in [5.74, 6) is -3.84. The van der Waals surface area contributed by atoms with Crippen LogP contribution >= 0.6 is 0 Å². The Bertz CT molecular complexity index is 1400. The van der Waals surface area contributed by atoms with Crippen LogP contribution in [0.3, 0.4) is 0 Å². The van der Waals surface area contributed by atoms with Crippen molar-refractivity contribution >= 4 is 59.4 Å². The number of aromatic carboxylic acids is 2. The molecule has 0 radical (unpaired) electrons. The lowest BCUT2D eigenvalue weighted by molar-refractivity contribution is 0.0683. The summed E-state index contributed by atoms with van der Waals surface area (Å²) in [6.45, 7) is 14.7. The number of rotatable bonds is 10. The van der Waals surface area contributed by atoms with E-state index in [2.05, 4.69) is 36.9 Å². The maximum absolute atomic E-state index is 12.9. The third kappa shape index (κ3) is 5.66. The molecular weight excluding hydrogens is 484 g/mol. The maximum atomic E-state index is 12.9. The number of carboxylic acids is 2. The summed E-state index contributed by atoms with van der Waals surface area (Å²) >= 11 is 0. The molecule has 0 heterocycles. The molecule has 8 heteroatoms. The van der Waals surface area contributed by atoms with Crippen LogP contribution in [0.2, 0.25) is 0 Å². The standard InChI is InChI=1S/C30H24N2O6/c1-5-17-13-23(25(29(35)36)15-19(17)7-3)27(33)31-21-9-11-22(12-10-21)32-28(34)24-14-18(6-2)20(8-4)16-26(24)30(37)38/h5-16H,1-4H2,(H,31,33)(H,32,34)(H,35,36)(H,37,38). The number of benzene rings is 3. The molecule has 0 saturated carbocycles. The fraction of sp³-hybridized carbons (Fsp3) is 0. The van der Waals surface area contributed by atoms with Gasteiger partial charge in [0.2, 0.25) is 0 Å². The molecule has 0 atom stereocenters. The highest BCUT2D eigenvalue weighted by Gasteiger charge is 2.20. The minimum Gasteiger partial charge on any atom is -0.478 e. The Morgan fingerprint density at radius 3 is 1.03 bits per heavy atom. The first kappa shape index (κ1) is 27.1. The van der Waals surface area contributed by atoms with Crippen molar-refractivity contribution < 1.29 is 29.4 Å². The van der Waals surface area contributed by atoms with Crippen LogP contribution < -0.4 is 10.6 Å². The molecule has 2 amide bonds. The Balaban J connectivity index is 1.84. The average Bonchev–Trinajstić information content (AvgIpc) is 2.92. The van der Waals surface area contributed by atoms with Crippen molar-refractivity contribution in [1.82, 2.24) is 0 Å². The second kappa shape index (κ2) is 11.5. The largest absolute Gasteiger partial charge is 0.478 e. The molecule has 0 fully saturated rings. The molecule has 190 valence electrons. The topological polar surface area (TPSA) is 133 Å². The first-order chi connectivity index (χ1) is 18.1. The van der Waals surface area contributed by atoms with E-state index in [0.29, 0.717) is 33.6 Å². The van der Waals surface area contributed by atoms with E-state index in [-0.39, 0.29) is 22.3 Å². The zero-order valence-corrected chi connectivity index (χ0v) is 20.3. The van der Waals surface area contributed by atoms with Crippen molar-refractivity contribution in [2.24, 2.45) is 0 Å². The first-order valence-corrected chi connectivity index (χ1v) is 11.2. The summed E-state index contributed by atoms with van der Waals surface area (Å²) in [5.41, 5.74) is 2.34. The lowest BCUT2D eigenvalue weighted by Gasteiger charge is -2.13. The Hall–Kier alpha value is -5.50. The van der Waals surface area contributed by atoms with Gasteiger partial charge in [-0.3, -0.25) is 9.59 Å². The number of nitrogens with one attached hydrogen (secondary N) is 2. The molecule has 0 bridgehead atoms. The Morgan fingerprint density at radius 1 is 0.526 bits per heavy atom. The maximum Gasteiger partial charge on any atom is 0.336 e. The van der Waals surface area contributed by atoms with Crippen LogP contribution in [0.4, 0.5) is 11.4 Å². The molecule has 0 saturated heterocycles. The molecule has 8 nitrogen and oxygen atoms in total. The van der Waals surface area contributed by atoms with Gasteiger partial charge in [0.1, 0.15) is 0 Å². The van der Waals surface area contributed by atoms with E-state index in [0.717, 1.165) is 0 Å². The Kier molecular flexibility index (Phi) is 8.19. The summed E-state index contributed by atoms with van der Waals surface area (Å²) in [5, 5.41) is 24.4. The summed E-state index contributed by atoms with van der Waals surface area (Å²) < 4.78 is 0. The molecule has 3 rings (SSSR count). The molecule has 0 aromatic heterocycles. The van der Waals surface area contributed by atoms with Gasteiger partial charge in [-0.15, -0.1) is 0 Å². The molecule has 0 aliphatic carbocycles. The van der Waals surface area contributed by atoms with Crippen LogP contribution in [0.1, 0.15) is 63.7 Å². The number of carboxylic acid groups (broad SMARTS) is 2. The van der Waals surface area contributed by atoms with Crippen LogP contribution in [0.5, 0.6) is 0 Å². The van der Waals surface area contributed by atoms with Gasteiger partial charge in [0, 0.05) is 11.4 Å². The molecule has 0 unspecified atom stereocenters. The van der Waals surface area contributed by atoms with Crippen LogP contribution in [0.15, 0.2) is 74.8 Å². The smallest absolute Gasteiger partial charge is 0.336 e. The van der Waals surface area contributed by atoms with Gasteiger partial charge in [-0.25, -0.2) is 9.59 Å². The number of hydrogen-bond donors (Lipinski definition) is 4. The number of carbonyl (C=O) groups excluding carboxylic acids is 2. The van der Waals surface area contributed by atoms with Crippen molar-refractivity contribution in [3.05, 3.63) is 119 Å². The molecule has 38 heavy (non-hydrogen) atoms. The lowest BCUT2D eigenvalue weighted by Crippen LogP contribution is -2.18. The van der Waals surface area contributed by atoms with Gasteiger partial charge in [-0.1, -0.05) is 50.6 Å². The van der Waals surface area contributed by atoms with Crippen LogP contribution in [0, 0.1) is 0 Å². The minimum absolute atomic E-state index is 0.0578. The molecule has 3 aromatic rings. The van der Waals surface area contributed by atoms with E-state index in [9.17, 15) is 29.4 Å². The van der Waals surface area contributed by atoms with Crippen molar-refractivity contribution in [1.29, 1.82) is 0 Å². The van der Waals surface area contributed by atoms with Crippen molar-refractivity contribution in [3.8, 4) is 0 Å². The van der Waals surface area contributed by atoms with Gasteiger partial charge in [-0.05, 0) is 70.8 Å². The van der Waals surface area contributed by atoms with Gasteiger partial charge in [0.05, 0.1) is 22.3 Å². The lowest BCUT2D eigenvalue weighted by atomic mass is 9.97. The second-order valence-electron chi connectivity index (χ2n) is 7.97. The number of anilines is 2. The number of hydrogen-bond acceptors (Lipinski definition) is 4. The summed E-state index contributed by atoms with van der Waals surface area (Å²) in [6, 6.07) is 11.6. The van der Waals surface area contributed by atoms with E-state index in [1.54, 1.807) is 0 Å². The fourth-order valence-corrected chi connectivity index (χ4v) is 3.74. The molecule has 3 aromatic carbocycles. The molecule has 4 N–H and O–H groups in total.